The van der Waals surface area contributed by atoms with Crippen molar-refractivity contribution in [3.8, 4) is 17.2 Å². The van der Waals surface area contributed by atoms with Crippen LogP contribution in [0.15, 0.2) is 41.0 Å². The highest BCUT2D eigenvalue weighted by Crippen LogP contribution is 2.30. The highest BCUT2D eigenvalue weighted by molar-refractivity contribution is 6.31. The maximum absolute atomic E-state index is 12.7. The van der Waals surface area contributed by atoms with Crippen molar-refractivity contribution >= 4 is 23.2 Å². The van der Waals surface area contributed by atoms with Crippen LogP contribution in [0.1, 0.15) is 16.1 Å². The molecule has 3 rings (SSSR count). The van der Waals surface area contributed by atoms with Gasteiger partial charge in [0, 0.05) is 10.7 Å². The molecular formula is C16H14ClN3O3. The monoisotopic (exact) mass is 331 g/mol. The molecule has 0 atom stereocenters. The van der Waals surface area contributed by atoms with Crippen molar-refractivity contribution in [3.05, 3.63) is 52.9 Å². The van der Waals surface area contributed by atoms with Gasteiger partial charge in [0.25, 0.3) is 5.91 Å². The minimum Gasteiger partial charge on any atom is -0.495 e. The van der Waals surface area contributed by atoms with Gasteiger partial charge < -0.3 is 14.5 Å². The third-order valence-corrected chi connectivity index (χ3v) is 3.57. The summed E-state index contributed by atoms with van der Waals surface area (Å²) >= 11 is 5.99. The third-order valence-electron chi connectivity index (χ3n) is 3.34. The number of ether oxygens (including phenoxy) is 1. The van der Waals surface area contributed by atoms with Crippen molar-refractivity contribution in [2.45, 2.75) is 6.92 Å². The Morgan fingerprint density at radius 3 is 2.91 bits per heavy atom. The molecule has 0 saturated carbocycles. The van der Waals surface area contributed by atoms with Gasteiger partial charge in [0.15, 0.2) is 5.76 Å². The first kappa shape index (κ1) is 15.2. The molecule has 3 aromatic rings. The lowest BCUT2D eigenvalue weighted by Crippen LogP contribution is -2.14. The van der Waals surface area contributed by atoms with Gasteiger partial charge in [-0.2, -0.15) is 5.10 Å². The van der Waals surface area contributed by atoms with Gasteiger partial charge in [-0.1, -0.05) is 11.6 Å². The predicted molar refractivity (Wildman–Crippen MR) is 87.0 cm³/mol. The summed E-state index contributed by atoms with van der Waals surface area (Å²) < 4.78 is 10.6. The zero-order valence-electron chi connectivity index (χ0n) is 12.5. The van der Waals surface area contributed by atoms with E-state index in [-0.39, 0.29) is 5.91 Å². The van der Waals surface area contributed by atoms with E-state index in [1.54, 1.807) is 37.3 Å². The van der Waals surface area contributed by atoms with E-state index in [4.69, 9.17) is 20.8 Å². The molecule has 2 N–H and O–H groups in total. The summed E-state index contributed by atoms with van der Waals surface area (Å²) in [4.78, 5) is 12.7. The number of halogens is 1. The van der Waals surface area contributed by atoms with Gasteiger partial charge in [0.1, 0.15) is 11.4 Å². The largest absolute Gasteiger partial charge is 0.495 e. The van der Waals surface area contributed by atoms with Crippen LogP contribution in [0.25, 0.3) is 11.5 Å². The number of carbonyl (C=O) groups excluding carboxylic acids is 1. The van der Waals surface area contributed by atoms with Crippen molar-refractivity contribution in [2.75, 3.05) is 12.4 Å². The highest BCUT2D eigenvalue weighted by Gasteiger charge is 2.22. The van der Waals surface area contributed by atoms with Crippen molar-refractivity contribution in [3.63, 3.8) is 0 Å². The fourth-order valence-corrected chi connectivity index (χ4v) is 2.43. The zero-order valence-corrected chi connectivity index (χ0v) is 13.3. The van der Waals surface area contributed by atoms with Crippen LogP contribution in [0.2, 0.25) is 5.02 Å². The molecule has 2 heterocycles. The molecule has 0 saturated heterocycles. The van der Waals surface area contributed by atoms with Crippen molar-refractivity contribution < 1.29 is 13.9 Å². The molecule has 0 aliphatic carbocycles. The number of hydrogen-bond acceptors (Lipinski definition) is 4. The lowest BCUT2D eigenvalue weighted by Gasteiger charge is -2.10. The molecule has 118 valence electrons. The molecule has 0 unspecified atom stereocenters. The van der Waals surface area contributed by atoms with E-state index in [9.17, 15) is 4.79 Å². The van der Waals surface area contributed by atoms with Crippen LogP contribution < -0.4 is 10.1 Å². The molecule has 2 aromatic heterocycles. The number of aromatic amines is 1. The first-order chi connectivity index (χ1) is 11.1. The Labute approximate surface area is 137 Å². The Morgan fingerprint density at radius 2 is 2.22 bits per heavy atom. The molecular weight excluding hydrogens is 318 g/mol. The summed E-state index contributed by atoms with van der Waals surface area (Å²) in [6.45, 7) is 1.77. The fraction of sp³-hybridized carbons (Fsp3) is 0.125. The fourth-order valence-electron chi connectivity index (χ4n) is 2.26. The number of rotatable bonds is 4. The average molecular weight is 332 g/mol. The normalized spacial score (nSPS) is 10.6. The Kier molecular flexibility index (Phi) is 4.08. The van der Waals surface area contributed by atoms with Gasteiger partial charge in [-0.3, -0.25) is 9.89 Å². The number of amides is 1. The summed E-state index contributed by atoms with van der Waals surface area (Å²) in [7, 11) is 1.52. The van der Waals surface area contributed by atoms with Gasteiger partial charge in [0.2, 0.25) is 0 Å². The second-order valence-electron chi connectivity index (χ2n) is 4.85. The van der Waals surface area contributed by atoms with E-state index in [2.05, 4.69) is 15.5 Å². The second-order valence-corrected chi connectivity index (χ2v) is 5.28. The Balaban J connectivity index is 1.96. The molecule has 0 aliphatic heterocycles. The Morgan fingerprint density at radius 1 is 1.39 bits per heavy atom. The summed E-state index contributed by atoms with van der Waals surface area (Å²) in [5, 5.41) is 10.2. The average Bonchev–Trinajstić information content (AvgIpc) is 3.16. The number of aromatic nitrogens is 2. The third kappa shape index (κ3) is 2.93. The van der Waals surface area contributed by atoms with Gasteiger partial charge in [-0.05, 0) is 37.3 Å². The van der Waals surface area contributed by atoms with Gasteiger partial charge >= 0.3 is 0 Å². The molecule has 1 amide bonds. The van der Waals surface area contributed by atoms with Crippen molar-refractivity contribution in [2.24, 2.45) is 0 Å². The maximum atomic E-state index is 12.7. The zero-order chi connectivity index (χ0) is 16.4. The van der Waals surface area contributed by atoms with Crippen molar-refractivity contribution in [1.29, 1.82) is 0 Å². The van der Waals surface area contributed by atoms with E-state index >= 15 is 0 Å². The minimum atomic E-state index is -0.330. The minimum absolute atomic E-state index is 0.330. The first-order valence-electron chi connectivity index (χ1n) is 6.84. The van der Waals surface area contributed by atoms with Crippen LogP contribution in [0.5, 0.6) is 5.75 Å². The van der Waals surface area contributed by atoms with Crippen LogP contribution in [0, 0.1) is 6.92 Å². The Bertz CT molecular complexity index is 840. The summed E-state index contributed by atoms with van der Waals surface area (Å²) in [6, 6.07) is 8.48. The van der Waals surface area contributed by atoms with Crippen molar-refractivity contribution in [1.82, 2.24) is 10.2 Å². The van der Waals surface area contributed by atoms with E-state index in [0.717, 1.165) is 0 Å². The van der Waals surface area contributed by atoms with Gasteiger partial charge in [0.05, 0.1) is 24.6 Å². The quantitative estimate of drug-likeness (QED) is 0.760. The number of benzene rings is 1. The molecule has 0 fully saturated rings. The Hall–Kier alpha value is -2.73. The lowest BCUT2D eigenvalue weighted by atomic mass is 10.1. The number of aryl methyl sites for hydroxylation is 1. The van der Waals surface area contributed by atoms with Crippen LogP contribution in [0.4, 0.5) is 5.69 Å². The number of methoxy groups -OCH3 is 1. The van der Waals surface area contributed by atoms with E-state index in [1.165, 1.54) is 13.4 Å². The summed E-state index contributed by atoms with van der Waals surface area (Å²) in [6.07, 6.45) is 1.53. The van der Waals surface area contributed by atoms with Crippen LogP contribution >= 0.6 is 11.6 Å². The molecule has 0 spiro atoms. The maximum Gasteiger partial charge on any atom is 0.260 e. The number of nitrogens with zero attached hydrogens (tertiary/aromatic N) is 1. The standard InChI is InChI=1S/C16H14ClN3O3/c1-9-14(15(20-19-9)13-4-3-7-23-13)16(21)18-11-8-10(17)5-6-12(11)22-2/h3-8H,1-2H3,(H,18,21)(H,19,20). The number of anilines is 1. The topological polar surface area (TPSA) is 80.2 Å². The predicted octanol–water partition coefficient (Wildman–Crippen LogP) is 3.89. The molecule has 7 heteroatoms. The van der Waals surface area contributed by atoms with E-state index in [1.807, 2.05) is 0 Å². The molecule has 0 bridgehead atoms. The first-order valence-corrected chi connectivity index (χ1v) is 7.21. The number of carbonyl (C=O) groups is 1. The van der Waals surface area contributed by atoms with E-state index in [0.29, 0.717) is 39.2 Å². The number of hydrogen-bond donors (Lipinski definition) is 2. The van der Waals surface area contributed by atoms with Gasteiger partial charge in [-0.25, -0.2) is 0 Å². The number of H-pyrrole nitrogens is 1. The number of furan rings is 1. The highest BCUT2D eigenvalue weighted by atomic mass is 35.5. The molecule has 1 aromatic carbocycles. The summed E-state index contributed by atoms with van der Waals surface area (Å²) in [5.41, 5.74) is 1.97. The van der Waals surface area contributed by atoms with Gasteiger partial charge in [-0.15, -0.1) is 0 Å². The van der Waals surface area contributed by atoms with Crippen LogP contribution in [-0.2, 0) is 0 Å². The molecule has 6 nitrogen and oxygen atoms in total. The molecule has 0 radical (unpaired) electrons. The molecule has 23 heavy (non-hydrogen) atoms. The van der Waals surface area contributed by atoms with E-state index < -0.39 is 0 Å². The SMILES string of the molecule is COc1ccc(Cl)cc1NC(=O)c1c(-c2ccco2)n[nH]c1C. The smallest absolute Gasteiger partial charge is 0.260 e. The summed E-state index contributed by atoms with van der Waals surface area (Å²) in [5.74, 6) is 0.698. The number of nitrogens with one attached hydrogen (secondary N) is 2. The molecule has 0 aliphatic rings. The lowest BCUT2D eigenvalue weighted by molar-refractivity contribution is 0.102. The van der Waals surface area contributed by atoms with Crippen LogP contribution in [0.3, 0.4) is 0 Å². The second kappa shape index (κ2) is 6.18. The van der Waals surface area contributed by atoms with Crippen LogP contribution in [-0.4, -0.2) is 23.2 Å².